The summed E-state index contributed by atoms with van der Waals surface area (Å²) in [6.45, 7) is 4.55. The molecule has 0 amide bonds. The van der Waals surface area contributed by atoms with E-state index < -0.39 is 11.4 Å². The summed E-state index contributed by atoms with van der Waals surface area (Å²) < 4.78 is 11.3. The van der Waals surface area contributed by atoms with Crippen molar-refractivity contribution in [2.45, 2.75) is 65.2 Å². The maximum absolute atomic E-state index is 13.1. The molecule has 1 aromatic heterocycles. The second-order valence-electron chi connectivity index (χ2n) is 8.86. The van der Waals surface area contributed by atoms with E-state index in [-0.39, 0.29) is 12.2 Å². The van der Waals surface area contributed by atoms with Crippen LogP contribution in [0.5, 0.6) is 11.6 Å². The van der Waals surface area contributed by atoms with Crippen molar-refractivity contribution in [2.24, 2.45) is 5.41 Å². The Balaban J connectivity index is 1.73. The number of carboxylic acids is 1. The molecule has 6 nitrogen and oxygen atoms in total. The molecular formula is C26H33NO5. The van der Waals surface area contributed by atoms with Crippen LogP contribution in [0.15, 0.2) is 30.5 Å². The highest BCUT2D eigenvalue weighted by Crippen LogP contribution is 2.40. The zero-order chi connectivity index (χ0) is 23.1. The maximum atomic E-state index is 13.1. The minimum absolute atomic E-state index is 0.0156. The number of benzene rings is 1. The highest BCUT2D eigenvalue weighted by Gasteiger charge is 2.40. The smallest absolute Gasteiger partial charge is 0.310 e. The topological polar surface area (TPSA) is 85.7 Å². The molecule has 1 fully saturated rings. The molecular weight excluding hydrogens is 406 g/mol. The average molecular weight is 440 g/mol. The molecule has 172 valence electrons. The highest BCUT2D eigenvalue weighted by molar-refractivity contribution is 5.99. The lowest BCUT2D eigenvalue weighted by Crippen LogP contribution is -2.33. The summed E-state index contributed by atoms with van der Waals surface area (Å²) in [6.07, 6.45) is 6.95. The highest BCUT2D eigenvalue weighted by atomic mass is 16.5. The largest absolute Gasteiger partial charge is 0.488 e. The van der Waals surface area contributed by atoms with Crippen LogP contribution in [0.1, 0.15) is 72.0 Å². The quantitative estimate of drug-likeness (QED) is 0.420. The zero-order valence-electron chi connectivity index (χ0n) is 19.3. The SMILES string of the molecule is COc1ncc(C(=O)CC2(C(=O)O)CCCCCC2)cc1OCCc1cc(C)ccc1C. The first kappa shape index (κ1) is 23.8. The number of carboxylic acid groups (broad SMARTS) is 1. The average Bonchev–Trinajstić information content (AvgIpc) is 3.02. The molecule has 0 radical (unpaired) electrons. The van der Waals surface area contributed by atoms with Crippen LogP contribution in [0.4, 0.5) is 0 Å². The zero-order valence-corrected chi connectivity index (χ0v) is 19.3. The monoisotopic (exact) mass is 439 g/mol. The van der Waals surface area contributed by atoms with Crippen LogP contribution in [0.3, 0.4) is 0 Å². The molecule has 0 spiro atoms. The molecule has 1 aliphatic carbocycles. The van der Waals surface area contributed by atoms with Gasteiger partial charge in [-0.3, -0.25) is 9.59 Å². The minimum atomic E-state index is -0.989. The number of aromatic nitrogens is 1. The number of ketones is 1. The molecule has 3 rings (SSSR count). The molecule has 6 heteroatoms. The van der Waals surface area contributed by atoms with Crippen molar-refractivity contribution in [1.29, 1.82) is 0 Å². The number of pyridine rings is 1. The van der Waals surface area contributed by atoms with E-state index in [1.54, 1.807) is 6.07 Å². The van der Waals surface area contributed by atoms with Crippen LogP contribution in [-0.2, 0) is 11.2 Å². The molecule has 1 aromatic carbocycles. The van der Waals surface area contributed by atoms with Crippen molar-refractivity contribution in [2.75, 3.05) is 13.7 Å². The van der Waals surface area contributed by atoms with E-state index >= 15 is 0 Å². The molecule has 32 heavy (non-hydrogen) atoms. The third-order valence-electron chi connectivity index (χ3n) is 6.48. The first-order valence-electron chi connectivity index (χ1n) is 11.3. The Kier molecular flexibility index (Phi) is 7.89. The van der Waals surface area contributed by atoms with Gasteiger partial charge in [0.2, 0.25) is 0 Å². The van der Waals surface area contributed by atoms with Crippen molar-refractivity contribution in [3.8, 4) is 11.6 Å². The van der Waals surface area contributed by atoms with Gasteiger partial charge in [0, 0.05) is 24.6 Å². The summed E-state index contributed by atoms with van der Waals surface area (Å²) in [7, 11) is 1.51. The van der Waals surface area contributed by atoms with Crippen molar-refractivity contribution >= 4 is 11.8 Å². The fraction of sp³-hybridized carbons (Fsp3) is 0.500. The van der Waals surface area contributed by atoms with E-state index in [9.17, 15) is 14.7 Å². The predicted octanol–water partition coefficient (Wildman–Crippen LogP) is 5.33. The van der Waals surface area contributed by atoms with Crippen LogP contribution in [0, 0.1) is 19.3 Å². The summed E-state index contributed by atoms with van der Waals surface area (Å²) in [4.78, 5) is 29.4. The van der Waals surface area contributed by atoms with Crippen LogP contribution >= 0.6 is 0 Å². The molecule has 0 saturated heterocycles. The summed E-state index contributed by atoms with van der Waals surface area (Å²) in [6, 6.07) is 7.95. The van der Waals surface area contributed by atoms with E-state index in [2.05, 4.69) is 37.0 Å². The van der Waals surface area contributed by atoms with E-state index in [1.165, 1.54) is 30.0 Å². The van der Waals surface area contributed by atoms with Gasteiger partial charge in [0.05, 0.1) is 19.1 Å². The van der Waals surface area contributed by atoms with Gasteiger partial charge in [-0.25, -0.2) is 4.98 Å². The molecule has 1 heterocycles. The molecule has 2 aromatic rings. The summed E-state index contributed by atoms with van der Waals surface area (Å²) in [5, 5.41) is 9.90. The fourth-order valence-corrected chi connectivity index (χ4v) is 4.46. The maximum Gasteiger partial charge on any atom is 0.310 e. The Morgan fingerprint density at radius 3 is 2.47 bits per heavy atom. The Morgan fingerprint density at radius 2 is 1.81 bits per heavy atom. The molecule has 1 saturated carbocycles. The number of hydrogen-bond donors (Lipinski definition) is 1. The first-order valence-corrected chi connectivity index (χ1v) is 11.3. The molecule has 0 unspecified atom stereocenters. The van der Waals surface area contributed by atoms with Crippen LogP contribution in [-0.4, -0.2) is 35.6 Å². The van der Waals surface area contributed by atoms with Crippen LogP contribution in [0.2, 0.25) is 0 Å². The van der Waals surface area contributed by atoms with Gasteiger partial charge in [-0.15, -0.1) is 0 Å². The van der Waals surface area contributed by atoms with Gasteiger partial charge >= 0.3 is 5.97 Å². The van der Waals surface area contributed by atoms with Crippen molar-refractivity contribution in [1.82, 2.24) is 4.98 Å². The van der Waals surface area contributed by atoms with Gasteiger partial charge in [-0.05, 0) is 43.9 Å². The number of aryl methyl sites for hydroxylation is 2. The van der Waals surface area contributed by atoms with E-state index in [0.29, 0.717) is 36.6 Å². The van der Waals surface area contributed by atoms with Crippen molar-refractivity contribution in [3.63, 3.8) is 0 Å². The summed E-state index contributed by atoms with van der Waals surface area (Å²) in [5.74, 6) is -0.387. The third-order valence-corrected chi connectivity index (χ3v) is 6.48. The molecule has 1 N–H and O–H groups in total. The van der Waals surface area contributed by atoms with Gasteiger partial charge in [-0.1, -0.05) is 49.4 Å². The lowest BCUT2D eigenvalue weighted by atomic mass is 9.75. The molecule has 0 bridgehead atoms. The van der Waals surface area contributed by atoms with E-state index in [4.69, 9.17) is 9.47 Å². The third kappa shape index (κ3) is 5.67. The van der Waals surface area contributed by atoms with E-state index in [0.717, 1.165) is 32.1 Å². The molecule has 1 aliphatic rings. The minimum Gasteiger partial charge on any atom is -0.488 e. The number of carbonyl (C=O) groups is 2. The lowest BCUT2D eigenvalue weighted by Gasteiger charge is -2.27. The number of aliphatic carboxylic acids is 1. The Labute approximate surface area is 190 Å². The number of carbonyl (C=O) groups excluding carboxylic acids is 1. The number of ether oxygens (including phenoxy) is 2. The Hall–Kier alpha value is -2.89. The van der Waals surface area contributed by atoms with E-state index in [1.807, 2.05) is 0 Å². The van der Waals surface area contributed by atoms with Gasteiger partial charge in [0.25, 0.3) is 5.88 Å². The predicted molar refractivity (Wildman–Crippen MR) is 123 cm³/mol. The van der Waals surface area contributed by atoms with Gasteiger partial charge in [-0.2, -0.15) is 0 Å². The Bertz CT molecular complexity index is 961. The second kappa shape index (κ2) is 10.6. The van der Waals surface area contributed by atoms with Gasteiger partial charge in [0.1, 0.15) is 0 Å². The number of methoxy groups -OCH3 is 1. The van der Waals surface area contributed by atoms with Gasteiger partial charge in [0.15, 0.2) is 11.5 Å². The second-order valence-corrected chi connectivity index (χ2v) is 8.86. The van der Waals surface area contributed by atoms with Crippen molar-refractivity contribution in [3.05, 3.63) is 52.7 Å². The number of hydrogen-bond acceptors (Lipinski definition) is 5. The van der Waals surface area contributed by atoms with Crippen molar-refractivity contribution < 1.29 is 24.2 Å². The number of Topliss-reactive ketones (excluding diaryl/α,β-unsaturated/α-hetero) is 1. The standard InChI is InChI=1S/C26H33NO5/c1-18-8-9-19(2)20(14-18)10-13-32-23-15-21(17-27-24(23)31-3)22(28)16-26(25(29)30)11-6-4-5-7-12-26/h8-9,14-15,17H,4-7,10-13,16H2,1-3H3,(H,29,30). The number of rotatable bonds is 9. The van der Waals surface area contributed by atoms with Crippen LogP contribution < -0.4 is 9.47 Å². The number of nitrogens with zero attached hydrogens (tertiary/aromatic N) is 1. The summed E-state index contributed by atoms with van der Waals surface area (Å²) in [5.41, 5.74) is 2.98. The van der Waals surface area contributed by atoms with Crippen LogP contribution in [0.25, 0.3) is 0 Å². The van der Waals surface area contributed by atoms with Gasteiger partial charge < -0.3 is 14.6 Å². The summed E-state index contributed by atoms with van der Waals surface area (Å²) >= 11 is 0. The Morgan fingerprint density at radius 1 is 1.09 bits per heavy atom. The normalized spacial score (nSPS) is 15.6. The first-order chi connectivity index (χ1) is 15.3. The molecule has 0 aliphatic heterocycles. The fourth-order valence-electron chi connectivity index (χ4n) is 4.46. The molecule has 0 atom stereocenters. The lowest BCUT2D eigenvalue weighted by molar-refractivity contribution is -0.149.